The SMILES string of the molecule is CCC1CCC(n2nc(C)c(CCl)c2C)CC1. The third-order valence-corrected chi connectivity index (χ3v) is 4.62. The van der Waals surface area contributed by atoms with Crippen molar-refractivity contribution in [1.29, 1.82) is 0 Å². The largest absolute Gasteiger partial charge is 0.266 e. The van der Waals surface area contributed by atoms with Crippen molar-refractivity contribution in [3.8, 4) is 0 Å². The van der Waals surface area contributed by atoms with Gasteiger partial charge in [-0.2, -0.15) is 5.10 Å². The molecule has 0 saturated heterocycles. The lowest BCUT2D eigenvalue weighted by atomic mass is 9.84. The molecule has 1 aromatic rings. The highest BCUT2D eigenvalue weighted by Gasteiger charge is 2.24. The maximum Gasteiger partial charge on any atom is 0.0640 e. The summed E-state index contributed by atoms with van der Waals surface area (Å²) < 4.78 is 2.24. The van der Waals surface area contributed by atoms with E-state index in [2.05, 4.69) is 30.6 Å². The zero-order valence-corrected chi connectivity index (χ0v) is 11.9. The van der Waals surface area contributed by atoms with Crippen molar-refractivity contribution >= 4 is 11.6 Å². The molecule has 0 atom stereocenters. The van der Waals surface area contributed by atoms with Crippen LogP contribution in [-0.4, -0.2) is 9.78 Å². The van der Waals surface area contributed by atoms with E-state index in [1.807, 2.05) is 0 Å². The van der Waals surface area contributed by atoms with Crippen LogP contribution in [0, 0.1) is 19.8 Å². The molecular formula is C14H23ClN2. The lowest BCUT2D eigenvalue weighted by molar-refractivity contribution is 0.253. The summed E-state index contributed by atoms with van der Waals surface area (Å²) in [5, 5.41) is 4.69. The Kier molecular flexibility index (Phi) is 4.13. The number of aryl methyl sites for hydroxylation is 1. The Morgan fingerprint density at radius 3 is 2.35 bits per heavy atom. The lowest BCUT2D eigenvalue weighted by Gasteiger charge is -2.28. The summed E-state index contributed by atoms with van der Waals surface area (Å²) >= 11 is 5.98. The fourth-order valence-electron chi connectivity index (χ4n) is 3.04. The Bertz CT molecular complexity index is 376. The standard InChI is InChI=1S/C14H23ClN2/c1-4-12-5-7-13(8-6-12)17-11(3)14(9-15)10(2)16-17/h12-13H,4-9H2,1-3H3. The molecule has 0 N–H and O–H groups in total. The highest BCUT2D eigenvalue weighted by molar-refractivity contribution is 6.17. The van der Waals surface area contributed by atoms with Gasteiger partial charge in [0, 0.05) is 11.3 Å². The van der Waals surface area contributed by atoms with Crippen LogP contribution in [0.5, 0.6) is 0 Å². The molecule has 1 aliphatic carbocycles. The number of hydrogen-bond donors (Lipinski definition) is 0. The monoisotopic (exact) mass is 254 g/mol. The molecule has 2 nitrogen and oxygen atoms in total. The predicted molar refractivity (Wildman–Crippen MR) is 72.5 cm³/mol. The fourth-order valence-corrected chi connectivity index (χ4v) is 3.43. The smallest absolute Gasteiger partial charge is 0.0640 e. The highest BCUT2D eigenvalue weighted by Crippen LogP contribution is 2.34. The molecule has 0 bridgehead atoms. The normalized spacial score (nSPS) is 25.2. The van der Waals surface area contributed by atoms with E-state index in [0.717, 1.165) is 11.6 Å². The average Bonchev–Trinajstić information content (AvgIpc) is 2.64. The van der Waals surface area contributed by atoms with Crippen LogP contribution < -0.4 is 0 Å². The number of hydrogen-bond acceptors (Lipinski definition) is 1. The molecule has 17 heavy (non-hydrogen) atoms. The van der Waals surface area contributed by atoms with Crippen LogP contribution in [0.4, 0.5) is 0 Å². The van der Waals surface area contributed by atoms with Crippen LogP contribution in [0.25, 0.3) is 0 Å². The van der Waals surface area contributed by atoms with E-state index in [-0.39, 0.29) is 0 Å². The Hall–Kier alpha value is -0.500. The van der Waals surface area contributed by atoms with Crippen LogP contribution in [0.3, 0.4) is 0 Å². The van der Waals surface area contributed by atoms with Gasteiger partial charge in [0.15, 0.2) is 0 Å². The maximum absolute atomic E-state index is 5.98. The first kappa shape index (κ1) is 12.9. The van der Waals surface area contributed by atoms with Crippen LogP contribution in [0.15, 0.2) is 0 Å². The Morgan fingerprint density at radius 2 is 1.88 bits per heavy atom. The lowest BCUT2D eigenvalue weighted by Crippen LogP contribution is -2.19. The summed E-state index contributed by atoms with van der Waals surface area (Å²) in [6, 6.07) is 0.605. The molecule has 1 aromatic heterocycles. The molecule has 0 amide bonds. The molecule has 2 rings (SSSR count). The van der Waals surface area contributed by atoms with Gasteiger partial charge in [-0.25, -0.2) is 0 Å². The molecule has 0 aromatic carbocycles. The summed E-state index contributed by atoms with van der Waals surface area (Å²) in [7, 11) is 0. The Labute approximate surface area is 109 Å². The van der Waals surface area contributed by atoms with E-state index in [1.54, 1.807) is 0 Å². The molecule has 3 heteroatoms. The van der Waals surface area contributed by atoms with Gasteiger partial charge in [-0.1, -0.05) is 13.3 Å². The molecule has 1 saturated carbocycles. The van der Waals surface area contributed by atoms with Crippen molar-refractivity contribution in [2.45, 2.75) is 64.8 Å². The highest BCUT2D eigenvalue weighted by atomic mass is 35.5. The second kappa shape index (κ2) is 5.43. The molecule has 1 aliphatic rings. The van der Waals surface area contributed by atoms with Gasteiger partial charge in [-0.15, -0.1) is 11.6 Å². The van der Waals surface area contributed by atoms with Crippen molar-refractivity contribution in [2.24, 2.45) is 5.92 Å². The van der Waals surface area contributed by atoms with Gasteiger partial charge in [-0.05, 0) is 45.4 Å². The van der Waals surface area contributed by atoms with E-state index in [4.69, 9.17) is 11.6 Å². The molecule has 1 heterocycles. The first-order valence-electron chi connectivity index (χ1n) is 6.77. The zero-order valence-electron chi connectivity index (χ0n) is 11.2. The van der Waals surface area contributed by atoms with Crippen molar-refractivity contribution in [3.05, 3.63) is 17.0 Å². The predicted octanol–water partition coefficient (Wildman–Crippen LogP) is 4.38. The maximum atomic E-state index is 5.98. The van der Waals surface area contributed by atoms with Gasteiger partial charge in [0.05, 0.1) is 17.6 Å². The number of aromatic nitrogens is 2. The summed E-state index contributed by atoms with van der Waals surface area (Å²) in [6.07, 6.45) is 6.60. The van der Waals surface area contributed by atoms with Gasteiger partial charge < -0.3 is 0 Å². The van der Waals surface area contributed by atoms with Crippen LogP contribution in [0.1, 0.15) is 62.0 Å². The Morgan fingerprint density at radius 1 is 1.24 bits per heavy atom. The third-order valence-electron chi connectivity index (χ3n) is 4.35. The van der Waals surface area contributed by atoms with Crippen LogP contribution in [0.2, 0.25) is 0 Å². The van der Waals surface area contributed by atoms with E-state index < -0.39 is 0 Å². The van der Waals surface area contributed by atoms with Crippen molar-refractivity contribution in [3.63, 3.8) is 0 Å². The van der Waals surface area contributed by atoms with E-state index in [1.165, 1.54) is 43.4 Å². The molecule has 0 spiro atoms. The fraction of sp³-hybridized carbons (Fsp3) is 0.786. The molecule has 1 fully saturated rings. The number of rotatable bonds is 3. The number of halogens is 1. The minimum Gasteiger partial charge on any atom is -0.266 e. The zero-order chi connectivity index (χ0) is 12.4. The van der Waals surface area contributed by atoms with E-state index >= 15 is 0 Å². The van der Waals surface area contributed by atoms with E-state index in [0.29, 0.717) is 11.9 Å². The summed E-state index contributed by atoms with van der Waals surface area (Å²) in [5.41, 5.74) is 3.61. The molecule has 0 aliphatic heterocycles. The molecule has 0 radical (unpaired) electrons. The van der Waals surface area contributed by atoms with E-state index in [9.17, 15) is 0 Å². The minimum atomic E-state index is 0.585. The van der Waals surface area contributed by atoms with Crippen LogP contribution in [-0.2, 0) is 5.88 Å². The first-order chi connectivity index (χ1) is 8.17. The quantitative estimate of drug-likeness (QED) is 0.732. The van der Waals surface area contributed by atoms with Crippen molar-refractivity contribution < 1.29 is 0 Å². The molecule has 0 unspecified atom stereocenters. The number of nitrogens with zero attached hydrogens (tertiary/aromatic N) is 2. The van der Waals surface area contributed by atoms with Gasteiger partial charge in [0.1, 0.15) is 0 Å². The van der Waals surface area contributed by atoms with Crippen molar-refractivity contribution in [1.82, 2.24) is 9.78 Å². The van der Waals surface area contributed by atoms with Gasteiger partial charge in [0.2, 0.25) is 0 Å². The summed E-state index contributed by atoms with van der Waals surface area (Å²) in [5.74, 6) is 1.53. The topological polar surface area (TPSA) is 17.8 Å². The van der Waals surface area contributed by atoms with Gasteiger partial charge in [-0.3, -0.25) is 4.68 Å². The summed E-state index contributed by atoms with van der Waals surface area (Å²) in [4.78, 5) is 0. The minimum absolute atomic E-state index is 0.585. The van der Waals surface area contributed by atoms with Crippen molar-refractivity contribution in [2.75, 3.05) is 0 Å². The summed E-state index contributed by atoms with van der Waals surface area (Å²) in [6.45, 7) is 6.53. The first-order valence-corrected chi connectivity index (χ1v) is 7.31. The molecule has 96 valence electrons. The Balaban J connectivity index is 2.13. The second-order valence-electron chi connectivity index (χ2n) is 5.31. The van der Waals surface area contributed by atoms with Crippen LogP contribution >= 0.6 is 11.6 Å². The van der Waals surface area contributed by atoms with Gasteiger partial charge in [0.25, 0.3) is 0 Å². The molecular weight excluding hydrogens is 232 g/mol. The second-order valence-corrected chi connectivity index (χ2v) is 5.58. The average molecular weight is 255 g/mol. The third kappa shape index (κ3) is 2.52. The van der Waals surface area contributed by atoms with Gasteiger partial charge >= 0.3 is 0 Å². The number of alkyl halides is 1.